The van der Waals surface area contributed by atoms with Crippen LogP contribution in [0, 0.1) is 0 Å². The normalized spacial score (nSPS) is 11.7. The molecule has 0 radical (unpaired) electrons. The van der Waals surface area contributed by atoms with Gasteiger partial charge in [0.05, 0.1) is 23.2 Å². The van der Waals surface area contributed by atoms with Gasteiger partial charge in [0.2, 0.25) is 0 Å². The summed E-state index contributed by atoms with van der Waals surface area (Å²) in [4.78, 5) is 13.1. The zero-order valence-corrected chi connectivity index (χ0v) is 15.8. The van der Waals surface area contributed by atoms with Crippen LogP contribution in [0.15, 0.2) is 76.0 Å². The van der Waals surface area contributed by atoms with Crippen molar-refractivity contribution in [3.63, 3.8) is 0 Å². The van der Waals surface area contributed by atoms with E-state index in [9.17, 15) is 9.00 Å². The Balaban J connectivity index is 1.60. The standard InChI is InChI=1S/C21H21NO4S/c1-2-25-19-11-7-6-8-16(19)14-22-21(23)20-13-12-17(26-20)15-27(24)18-9-4-3-5-10-18/h3-13H,2,14-15H2,1H3,(H,22,23)/t27-/m1/s1. The van der Waals surface area contributed by atoms with Crippen LogP contribution in [0.3, 0.4) is 0 Å². The van der Waals surface area contributed by atoms with Crippen molar-refractivity contribution in [3.05, 3.63) is 83.8 Å². The Hall–Kier alpha value is -2.86. The van der Waals surface area contributed by atoms with Crippen LogP contribution in [0.2, 0.25) is 0 Å². The molecule has 1 amide bonds. The van der Waals surface area contributed by atoms with Gasteiger partial charge in [-0.15, -0.1) is 0 Å². The van der Waals surface area contributed by atoms with Crippen LogP contribution in [0.5, 0.6) is 5.75 Å². The van der Waals surface area contributed by atoms with E-state index >= 15 is 0 Å². The predicted octanol–water partition coefficient (Wildman–Crippen LogP) is 3.92. The molecule has 0 aliphatic rings. The van der Waals surface area contributed by atoms with Crippen molar-refractivity contribution < 1.29 is 18.2 Å². The Morgan fingerprint density at radius 2 is 1.78 bits per heavy atom. The van der Waals surface area contributed by atoms with Crippen molar-refractivity contribution >= 4 is 16.7 Å². The molecule has 0 fully saturated rings. The van der Waals surface area contributed by atoms with Gasteiger partial charge < -0.3 is 14.5 Å². The minimum Gasteiger partial charge on any atom is -0.494 e. The molecule has 0 unspecified atom stereocenters. The number of carbonyl (C=O) groups is 1. The lowest BCUT2D eigenvalue weighted by Crippen LogP contribution is -2.22. The number of hydrogen-bond acceptors (Lipinski definition) is 4. The number of amides is 1. The highest BCUT2D eigenvalue weighted by atomic mass is 32.2. The van der Waals surface area contributed by atoms with Crippen molar-refractivity contribution in [2.45, 2.75) is 24.1 Å². The fourth-order valence-electron chi connectivity index (χ4n) is 2.57. The quantitative estimate of drug-likeness (QED) is 0.640. The van der Waals surface area contributed by atoms with Crippen LogP contribution < -0.4 is 10.1 Å². The van der Waals surface area contributed by atoms with E-state index in [0.29, 0.717) is 18.9 Å². The van der Waals surface area contributed by atoms with E-state index in [-0.39, 0.29) is 17.4 Å². The minimum absolute atomic E-state index is 0.198. The van der Waals surface area contributed by atoms with Crippen LogP contribution in [0.4, 0.5) is 0 Å². The zero-order valence-electron chi connectivity index (χ0n) is 15.0. The zero-order chi connectivity index (χ0) is 19.1. The Labute approximate surface area is 160 Å². The molecule has 140 valence electrons. The summed E-state index contributed by atoms with van der Waals surface area (Å²) in [6, 6.07) is 20.0. The molecule has 2 aromatic carbocycles. The predicted molar refractivity (Wildman–Crippen MR) is 104 cm³/mol. The highest BCUT2D eigenvalue weighted by molar-refractivity contribution is 7.84. The van der Waals surface area contributed by atoms with Gasteiger partial charge in [-0.25, -0.2) is 0 Å². The molecule has 1 heterocycles. The van der Waals surface area contributed by atoms with Crippen molar-refractivity contribution in [1.29, 1.82) is 0 Å². The summed E-state index contributed by atoms with van der Waals surface area (Å²) in [7, 11) is -1.22. The number of nitrogens with one attached hydrogen (secondary N) is 1. The first-order valence-corrected chi connectivity index (χ1v) is 10.0. The lowest BCUT2D eigenvalue weighted by Gasteiger charge is -2.10. The average molecular weight is 383 g/mol. The summed E-state index contributed by atoms with van der Waals surface area (Å²) in [5, 5.41) is 2.82. The van der Waals surface area contributed by atoms with Gasteiger partial charge in [0, 0.05) is 17.0 Å². The second kappa shape index (κ2) is 9.19. The van der Waals surface area contributed by atoms with Crippen molar-refractivity contribution in [2.75, 3.05) is 6.61 Å². The second-order valence-corrected chi connectivity index (χ2v) is 7.24. The Morgan fingerprint density at radius 3 is 2.56 bits per heavy atom. The number of ether oxygens (including phenoxy) is 1. The number of benzene rings is 2. The Morgan fingerprint density at radius 1 is 1.04 bits per heavy atom. The van der Waals surface area contributed by atoms with E-state index in [4.69, 9.17) is 9.15 Å². The third-order valence-electron chi connectivity index (χ3n) is 3.88. The van der Waals surface area contributed by atoms with Crippen LogP contribution in [0.25, 0.3) is 0 Å². The van der Waals surface area contributed by atoms with Crippen molar-refractivity contribution in [2.24, 2.45) is 0 Å². The molecule has 0 aliphatic heterocycles. The van der Waals surface area contributed by atoms with Gasteiger partial charge >= 0.3 is 0 Å². The molecular formula is C21H21NO4S. The maximum absolute atomic E-state index is 12.3. The van der Waals surface area contributed by atoms with E-state index in [1.807, 2.05) is 61.5 Å². The average Bonchev–Trinajstić information content (AvgIpc) is 3.16. The smallest absolute Gasteiger partial charge is 0.287 e. The molecule has 5 nitrogen and oxygen atoms in total. The monoisotopic (exact) mass is 383 g/mol. The summed E-state index contributed by atoms with van der Waals surface area (Å²) in [5.74, 6) is 1.36. The highest BCUT2D eigenvalue weighted by Crippen LogP contribution is 2.18. The van der Waals surface area contributed by atoms with E-state index in [1.165, 1.54) is 0 Å². The molecule has 1 aromatic heterocycles. The van der Waals surface area contributed by atoms with Gasteiger partial charge in [-0.05, 0) is 37.3 Å². The molecule has 0 aliphatic carbocycles. The van der Waals surface area contributed by atoms with Gasteiger partial charge in [-0.2, -0.15) is 0 Å². The topological polar surface area (TPSA) is 68.5 Å². The van der Waals surface area contributed by atoms with Crippen LogP contribution in [-0.4, -0.2) is 16.7 Å². The summed E-state index contributed by atoms with van der Waals surface area (Å²) >= 11 is 0. The molecule has 27 heavy (non-hydrogen) atoms. The summed E-state index contributed by atoms with van der Waals surface area (Å²) in [5.41, 5.74) is 0.893. The van der Waals surface area contributed by atoms with Crippen molar-refractivity contribution in [1.82, 2.24) is 5.32 Å². The molecule has 0 saturated heterocycles. The van der Waals surface area contributed by atoms with E-state index in [2.05, 4.69) is 5.32 Å². The van der Waals surface area contributed by atoms with Gasteiger partial charge in [-0.3, -0.25) is 9.00 Å². The summed E-state index contributed by atoms with van der Waals surface area (Å²) in [6.07, 6.45) is 0. The number of furan rings is 1. The minimum atomic E-state index is -1.22. The van der Waals surface area contributed by atoms with Gasteiger partial charge in [0.1, 0.15) is 11.5 Å². The van der Waals surface area contributed by atoms with Crippen LogP contribution >= 0.6 is 0 Å². The van der Waals surface area contributed by atoms with Gasteiger partial charge in [-0.1, -0.05) is 36.4 Å². The lowest BCUT2D eigenvalue weighted by atomic mass is 10.2. The Kier molecular flexibility index (Phi) is 6.44. The maximum atomic E-state index is 12.3. The molecule has 1 N–H and O–H groups in total. The summed E-state index contributed by atoms with van der Waals surface area (Å²) < 4.78 is 23.5. The first-order chi connectivity index (χ1) is 13.2. The van der Waals surface area contributed by atoms with Gasteiger partial charge in [0.15, 0.2) is 5.76 Å². The first kappa shape index (κ1) is 18.9. The number of hydrogen-bond donors (Lipinski definition) is 1. The second-order valence-electron chi connectivity index (χ2n) is 5.79. The van der Waals surface area contributed by atoms with Gasteiger partial charge in [0.25, 0.3) is 5.91 Å². The molecule has 1 atom stereocenters. The number of carbonyl (C=O) groups excluding carboxylic acids is 1. The number of para-hydroxylation sites is 1. The van der Waals surface area contributed by atoms with E-state index in [1.54, 1.807) is 12.1 Å². The first-order valence-electron chi connectivity index (χ1n) is 8.68. The fraction of sp³-hybridized carbons (Fsp3) is 0.190. The lowest BCUT2D eigenvalue weighted by molar-refractivity contribution is 0.0921. The largest absolute Gasteiger partial charge is 0.494 e. The third-order valence-corrected chi connectivity index (χ3v) is 5.22. The highest BCUT2D eigenvalue weighted by Gasteiger charge is 2.14. The molecule has 0 saturated carbocycles. The summed E-state index contributed by atoms with van der Waals surface area (Å²) in [6.45, 7) is 2.81. The molecule has 0 spiro atoms. The van der Waals surface area contributed by atoms with Crippen LogP contribution in [0.1, 0.15) is 28.8 Å². The van der Waals surface area contributed by atoms with E-state index in [0.717, 1.165) is 16.2 Å². The fourth-order valence-corrected chi connectivity index (χ4v) is 3.61. The number of rotatable bonds is 8. The molecular weight excluding hydrogens is 362 g/mol. The SMILES string of the molecule is CCOc1ccccc1CNC(=O)c1ccc(C[S@@](=O)c2ccccc2)o1. The molecule has 6 heteroatoms. The molecule has 3 aromatic rings. The molecule has 3 rings (SSSR count). The van der Waals surface area contributed by atoms with Crippen molar-refractivity contribution in [3.8, 4) is 5.75 Å². The van der Waals surface area contributed by atoms with E-state index < -0.39 is 10.8 Å². The van der Waals surface area contributed by atoms with Crippen LogP contribution in [-0.2, 0) is 23.1 Å². The Bertz CT molecular complexity index is 921. The third kappa shape index (κ3) is 5.08. The maximum Gasteiger partial charge on any atom is 0.287 e. The molecule has 0 bridgehead atoms.